The summed E-state index contributed by atoms with van der Waals surface area (Å²) in [5, 5.41) is 17.2. The van der Waals surface area contributed by atoms with Gasteiger partial charge < -0.3 is 30.7 Å². The predicted octanol–water partition coefficient (Wildman–Crippen LogP) is 3.71. The molecular weight excluding hydrogens is 613 g/mol. The highest BCUT2D eigenvalue weighted by Crippen LogP contribution is 2.39. The van der Waals surface area contributed by atoms with Gasteiger partial charge in [0.15, 0.2) is 11.6 Å². The summed E-state index contributed by atoms with van der Waals surface area (Å²) >= 11 is 1.45. The Morgan fingerprint density at radius 3 is 2.52 bits per heavy atom. The number of aliphatic hydroxyl groups excluding tert-OH is 1. The minimum atomic E-state index is -0.637. The van der Waals surface area contributed by atoms with Crippen molar-refractivity contribution in [3.63, 3.8) is 0 Å². The zero-order chi connectivity index (χ0) is 32.2. The number of aliphatic hydroxyl groups is 1. The number of carbonyl (C=O) groups excluding carboxylic acids is 3. The van der Waals surface area contributed by atoms with Crippen LogP contribution in [0.15, 0.2) is 54.9 Å². The lowest BCUT2D eigenvalue weighted by molar-refractivity contribution is -0.133. The average molecular weight is 648 g/mol. The largest absolute Gasteiger partial charge is 0.453 e. The van der Waals surface area contributed by atoms with E-state index in [9.17, 15) is 14.4 Å². The summed E-state index contributed by atoms with van der Waals surface area (Å²) in [7, 11) is 0. The normalized spacial score (nSPS) is 15.8. The number of fused-ring (bicyclic) bond motifs is 1. The number of nitrogens with zero attached hydrogens (tertiary/aromatic N) is 4. The van der Waals surface area contributed by atoms with Crippen LogP contribution in [0.25, 0.3) is 20.8 Å². The number of halogens is 1. The van der Waals surface area contributed by atoms with Gasteiger partial charge in [-0.25, -0.2) is 9.18 Å². The Hall–Kier alpha value is -4.66. The fourth-order valence-corrected chi connectivity index (χ4v) is 6.55. The molecule has 5 heterocycles. The monoisotopic (exact) mass is 647 g/mol. The van der Waals surface area contributed by atoms with E-state index in [4.69, 9.17) is 9.84 Å². The second-order valence-corrected chi connectivity index (χ2v) is 12.5. The molecule has 1 aromatic carbocycles. The molecule has 0 atom stereocenters. The van der Waals surface area contributed by atoms with Crippen molar-refractivity contribution in [2.75, 3.05) is 38.1 Å². The van der Waals surface area contributed by atoms with Gasteiger partial charge in [-0.3, -0.25) is 24.5 Å². The van der Waals surface area contributed by atoms with Gasteiger partial charge in [-0.15, -0.1) is 11.3 Å². The number of benzene rings is 1. The van der Waals surface area contributed by atoms with Crippen molar-refractivity contribution in [2.24, 2.45) is 0 Å². The first-order valence-corrected chi connectivity index (χ1v) is 15.8. The van der Waals surface area contributed by atoms with E-state index in [-0.39, 0.29) is 35.3 Å². The van der Waals surface area contributed by atoms with Crippen molar-refractivity contribution in [2.45, 2.75) is 38.4 Å². The van der Waals surface area contributed by atoms with Gasteiger partial charge in [0.2, 0.25) is 11.8 Å². The number of hydrogen-bond donors (Lipinski definition) is 4. The van der Waals surface area contributed by atoms with Crippen LogP contribution in [0.4, 0.5) is 14.9 Å². The summed E-state index contributed by atoms with van der Waals surface area (Å²) in [6, 6.07) is 11.3. The number of thiophene rings is 1. The lowest BCUT2D eigenvalue weighted by atomic mass is 10.0. The quantitative estimate of drug-likeness (QED) is 0.215. The highest BCUT2D eigenvalue weighted by Gasteiger charge is 2.29. The van der Waals surface area contributed by atoms with E-state index in [1.807, 2.05) is 18.3 Å². The van der Waals surface area contributed by atoms with E-state index in [0.717, 1.165) is 53.3 Å². The molecule has 4 N–H and O–H groups in total. The van der Waals surface area contributed by atoms with Gasteiger partial charge in [-0.2, -0.15) is 0 Å². The number of amides is 4. The first kappa shape index (κ1) is 31.3. The number of pyridine rings is 2. The Balaban J connectivity index is 1.06. The third-order valence-corrected chi connectivity index (χ3v) is 9.19. The molecule has 0 saturated carbocycles. The number of aromatic nitrogens is 2. The fourth-order valence-electron chi connectivity index (χ4n) is 5.51. The number of hydrogen-bond acceptors (Lipinski definition) is 9. The summed E-state index contributed by atoms with van der Waals surface area (Å²) in [4.78, 5) is 49.0. The van der Waals surface area contributed by atoms with E-state index in [2.05, 4.69) is 36.9 Å². The van der Waals surface area contributed by atoms with Crippen LogP contribution < -0.4 is 20.7 Å². The first-order chi connectivity index (χ1) is 22.2. The predicted molar refractivity (Wildman–Crippen MR) is 171 cm³/mol. The number of likely N-dealkylation sites (tertiary alicyclic amines) is 2. The SMILES string of the molecule is CC(=O)N1CC(NC(=O)Nc2ccc(Oc3ccnc4cc(-c5ccc(CN6CCC(NC(=O)CO)CC6)cn5)sc34)c(F)c2)C1. The lowest BCUT2D eigenvalue weighted by Crippen LogP contribution is -2.61. The third-order valence-electron chi connectivity index (χ3n) is 8.03. The number of rotatable bonds is 9. The van der Waals surface area contributed by atoms with Crippen LogP contribution in [0.5, 0.6) is 11.5 Å². The Bertz CT molecular complexity index is 1740. The molecule has 6 rings (SSSR count). The summed E-state index contributed by atoms with van der Waals surface area (Å²) < 4.78 is 21.7. The number of ether oxygens (including phenoxy) is 1. The van der Waals surface area contributed by atoms with Crippen LogP contribution in [0.1, 0.15) is 25.3 Å². The molecule has 0 unspecified atom stereocenters. The van der Waals surface area contributed by atoms with Crippen LogP contribution in [-0.2, 0) is 16.1 Å². The Labute approximate surface area is 268 Å². The van der Waals surface area contributed by atoms with Gasteiger partial charge in [0.05, 0.1) is 26.8 Å². The third kappa shape index (κ3) is 7.41. The molecule has 0 radical (unpaired) electrons. The average Bonchev–Trinajstić information content (AvgIpc) is 3.46. The van der Waals surface area contributed by atoms with Gasteiger partial charge in [0.1, 0.15) is 12.4 Å². The van der Waals surface area contributed by atoms with Gasteiger partial charge in [0.25, 0.3) is 0 Å². The highest BCUT2D eigenvalue weighted by atomic mass is 32.1. The van der Waals surface area contributed by atoms with Crippen molar-refractivity contribution in [3.05, 3.63) is 66.2 Å². The Kier molecular flexibility index (Phi) is 9.38. The number of nitrogens with one attached hydrogen (secondary N) is 3. The molecule has 46 heavy (non-hydrogen) atoms. The van der Waals surface area contributed by atoms with E-state index in [0.29, 0.717) is 24.4 Å². The molecule has 240 valence electrons. The van der Waals surface area contributed by atoms with Gasteiger partial charge >= 0.3 is 6.03 Å². The molecule has 2 fully saturated rings. The second kappa shape index (κ2) is 13.8. The number of anilines is 1. The van der Waals surface area contributed by atoms with Crippen molar-refractivity contribution in [1.29, 1.82) is 0 Å². The molecule has 2 saturated heterocycles. The maximum absolute atomic E-state index is 15.0. The van der Waals surface area contributed by atoms with Crippen molar-refractivity contribution in [3.8, 4) is 22.1 Å². The maximum Gasteiger partial charge on any atom is 0.319 e. The first-order valence-electron chi connectivity index (χ1n) is 15.0. The van der Waals surface area contributed by atoms with E-state index in [1.165, 1.54) is 30.4 Å². The van der Waals surface area contributed by atoms with Crippen LogP contribution >= 0.6 is 11.3 Å². The van der Waals surface area contributed by atoms with Gasteiger partial charge in [-0.05, 0) is 42.7 Å². The molecule has 2 aliphatic heterocycles. The second-order valence-electron chi connectivity index (χ2n) is 11.4. The zero-order valence-electron chi connectivity index (χ0n) is 25.2. The lowest BCUT2D eigenvalue weighted by Gasteiger charge is -2.38. The molecule has 0 bridgehead atoms. The van der Waals surface area contributed by atoms with Gasteiger partial charge in [0, 0.05) is 75.9 Å². The van der Waals surface area contributed by atoms with E-state index < -0.39 is 18.5 Å². The minimum Gasteiger partial charge on any atom is -0.453 e. The van der Waals surface area contributed by atoms with E-state index >= 15 is 4.39 Å². The van der Waals surface area contributed by atoms with Gasteiger partial charge in [-0.1, -0.05) is 6.07 Å². The number of urea groups is 1. The summed E-state index contributed by atoms with van der Waals surface area (Å²) in [5.41, 5.74) is 2.85. The number of piperidine rings is 1. The highest BCUT2D eigenvalue weighted by molar-refractivity contribution is 7.22. The fraction of sp³-hybridized carbons (Fsp3) is 0.344. The summed E-state index contributed by atoms with van der Waals surface area (Å²) in [6.07, 6.45) is 5.14. The molecule has 0 spiro atoms. The smallest absolute Gasteiger partial charge is 0.319 e. The molecular formula is C32H34FN7O5S. The van der Waals surface area contributed by atoms with Crippen LogP contribution in [0, 0.1) is 5.82 Å². The number of carbonyl (C=O) groups is 3. The van der Waals surface area contributed by atoms with Crippen molar-refractivity contribution in [1.82, 2.24) is 30.4 Å². The topological polar surface area (TPSA) is 149 Å². The molecule has 4 amide bonds. The molecule has 2 aliphatic rings. The van der Waals surface area contributed by atoms with Crippen molar-refractivity contribution >= 4 is 45.1 Å². The molecule has 4 aromatic rings. The maximum atomic E-state index is 15.0. The molecule has 14 heteroatoms. The minimum absolute atomic E-state index is 0.00629. The van der Waals surface area contributed by atoms with Crippen LogP contribution in [0.2, 0.25) is 0 Å². The molecule has 12 nitrogen and oxygen atoms in total. The van der Waals surface area contributed by atoms with Crippen LogP contribution in [-0.4, -0.2) is 87.6 Å². The Morgan fingerprint density at radius 1 is 1.02 bits per heavy atom. The zero-order valence-corrected chi connectivity index (χ0v) is 26.0. The summed E-state index contributed by atoms with van der Waals surface area (Å²) in [6.45, 7) is 4.35. The van der Waals surface area contributed by atoms with Crippen molar-refractivity contribution < 1.29 is 28.6 Å². The van der Waals surface area contributed by atoms with Crippen LogP contribution in [0.3, 0.4) is 0 Å². The molecule has 0 aliphatic carbocycles. The standard InChI is InChI=1S/C32H34FN7O5S/c1-19(42)40-16-23(17-40)38-32(44)37-22-3-5-27(24(33)12-22)45-28-6-9-34-26-13-29(46-31(26)28)25-4-2-20(14-35-25)15-39-10-7-21(8-11-39)36-30(43)18-41/h2-6,9,12-14,21,23,41H,7-8,10-11,15-18H2,1H3,(H,36,43)(H2,37,38,44). The van der Waals surface area contributed by atoms with E-state index in [1.54, 1.807) is 23.2 Å². The molecule has 3 aromatic heterocycles. The Morgan fingerprint density at radius 2 is 1.83 bits per heavy atom. The summed E-state index contributed by atoms with van der Waals surface area (Å²) in [5.74, 6) is -0.552.